The van der Waals surface area contributed by atoms with Crippen molar-refractivity contribution in [2.24, 2.45) is 0 Å². The number of hydrogen-bond donors (Lipinski definition) is 1. The second-order valence-corrected chi connectivity index (χ2v) is 6.90. The highest BCUT2D eigenvalue weighted by molar-refractivity contribution is 7.14. The normalized spacial score (nSPS) is 10.8. The monoisotopic (exact) mass is 359 g/mol. The Morgan fingerprint density at radius 1 is 1.17 bits per heavy atom. The van der Waals surface area contributed by atoms with Gasteiger partial charge in [0.15, 0.2) is 5.13 Å². The molecular formula is C17H17N3O2S2. The first kappa shape index (κ1) is 16.8. The first-order chi connectivity index (χ1) is 11.7. The third kappa shape index (κ3) is 3.87. The van der Waals surface area contributed by atoms with Gasteiger partial charge in [0.2, 0.25) is 0 Å². The number of hydrogen-bond acceptors (Lipinski definition) is 6. The van der Waals surface area contributed by atoms with Crippen LogP contribution in [-0.4, -0.2) is 23.0 Å². The van der Waals surface area contributed by atoms with E-state index in [-0.39, 0.29) is 5.91 Å². The second kappa shape index (κ2) is 7.65. The highest BCUT2D eigenvalue weighted by Gasteiger charge is 2.13. The summed E-state index contributed by atoms with van der Waals surface area (Å²) in [6.07, 6.45) is 1.01. The highest BCUT2D eigenvalue weighted by Crippen LogP contribution is 2.25. The maximum absolute atomic E-state index is 12.2. The molecule has 2 aromatic heterocycles. The average Bonchev–Trinajstić information content (AvgIpc) is 3.25. The Labute approximate surface area is 148 Å². The first-order valence-electron chi connectivity index (χ1n) is 7.49. The van der Waals surface area contributed by atoms with Crippen molar-refractivity contribution in [1.82, 2.24) is 9.97 Å². The number of rotatable bonds is 6. The van der Waals surface area contributed by atoms with E-state index in [9.17, 15) is 4.79 Å². The molecule has 0 fully saturated rings. The van der Waals surface area contributed by atoms with E-state index in [1.54, 1.807) is 12.5 Å². The van der Waals surface area contributed by atoms with E-state index in [4.69, 9.17) is 4.74 Å². The minimum atomic E-state index is -0.254. The number of benzene rings is 1. The molecule has 0 aliphatic carbocycles. The summed E-state index contributed by atoms with van der Waals surface area (Å²) in [5.41, 5.74) is 3.57. The lowest BCUT2D eigenvalue weighted by Gasteiger charge is -2.00. The van der Waals surface area contributed by atoms with Gasteiger partial charge < -0.3 is 4.74 Å². The number of thiazole rings is 2. The van der Waals surface area contributed by atoms with Gasteiger partial charge in [0, 0.05) is 23.4 Å². The van der Waals surface area contributed by atoms with Crippen LogP contribution in [0.15, 0.2) is 35.0 Å². The van der Waals surface area contributed by atoms with Crippen LogP contribution >= 0.6 is 22.7 Å². The third-order valence-corrected chi connectivity index (χ3v) is 5.01. The Hall–Kier alpha value is -2.09. The fourth-order valence-corrected chi connectivity index (χ4v) is 3.60. The van der Waals surface area contributed by atoms with Crippen molar-refractivity contribution in [3.05, 3.63) is 51.3 Å². The molecule has 2 heterocycles. The molecule has 0 radical (unpaired) electrons. The van der Waals surface area contributed by atoms with Gasteiger partial charge >= 0.3 is 0 Å². The molecule has 24 heavy (non-hydrogen) atoms. The molecule has 1 N–H and O–H groups in total. The van der Waals surface area contributed by atoms with Crippen LogP contribution in [0.3, 0.4) is 0 Å². The summed E-state index contributed by atoms with van der Waals surface area (Å²) in [5, 5.41) is 7.80. The highest BCUT2D eigenvalue weighted by atomic mass is 32.1. The van der Waals surface area contributed by atoms with E-state index in [0.29, 0.717) is 17.4 Å². The topological polar surface area (TPSA) is 64.1 Å². The van der Waals surface area contributed by atoms with E-state index in [1.807, 2.05) is 5.38 Å². The number of nitrogens with zero attached hydrogens (tertiary/aromatic N) is 2. The Bertz CT molecular complexity index is 824. The molecule has 0 saturated heterocycles. The van der Waals surface area contributed by atoms with Gasteiger partial charge in [-0.2, -0.15) is 0 Å². The number of carbonyl (C=O) groups is 1. The Balaban J connectivity index is 1.69. The van der Waals surface area contributed by atoms with Gasteiger partial charge in [-0.05, 0) is 12.0 Å². The Morgan fingerprint density at radius 3 is 2.67 bits per heavy atom. The Morgan fingerprint density at radius 2 is 1.96 bits per heavy atom. The molecule has 0 atom stereocenters. The zero-order chi connectivity index (χ0) is 16.9. The Kier molecular flexibility index (Phi) is 5.34. The number of carbonyl (C=O) groups excluding carboxylic acids is 1. The minimum absolute atomic E-state index is 0.254. The summed E-state index contributed by atoms with van der Waals surface area (Å²) < 4.78 is 5.01. The van der Waals surface area contributed by atoms with Crippen molar-refractivity contribution in [3.8, 4) is 11.3 Å². The van der Waals surface area contributed by atoms with Gasteiger partial charge in [0.05, 0.1) is 12.3 Å². The molecule has 0 aliphatic rings. The van der Waals surface area contributed by atoms with Gasteiger partial charge in [0.1, 0.15) is 10.7 Å². The van der Waals surface area contributed by atoms with Crippen LogP contribution in [0.5, 0.6) is 0 Å². The summed E-state index contributed by atoms with van der Waals surface area (Å²) in [4.78, 5) is 20.9. The predicted molar refractivity (Wildman–Crippen MR) is 97.7 cm³/mol. The third-order valence-electron chi connectivity index (χ3n) is 3.43. The fraction of sp³-hybridized carbons (Fsp3) is 0.235. The molecule has 0 spiro atoms. The van der Waals surface area contributed by atoms with Crippen LogP contribution in [0.25, 0.3) is 11.3 Å². The minimum Gasteiger partial charge on any atom is -0.378 e. The molecule has 0 unspecified atom stereocenters. The maximum atomic E-state index is 12.2. The number of aryl methyl sites for hydroxylation is 1. The van der Waals surface area contributed by atoms with Crippen molar-refractivity contribution in [1.29, 1.82) is 0 Å². The van der Waals surface area contributed by atoms with Crippen molar-refractivity contribution in [2.45, 2.75) is 20.0 Å². The zero-order valence-corrected chi connectivity index (χ0v) is 15.0. The number of methoxy groups -OCH3 is 1. The average molecular weight is 359 g/mol. The number of ether oxygens (including phenoxy) is 1. The van der Waals surface area contributed by atoms with Gasteiger partial charge in [0.25, 0.3) is 5.91 Å². The second-order valence-electron chi connectivity index (χ2n) is 5.10. The predicted octanol–water partition coefficient (Wildman–Crippen LogP) is 4.23. The first-order valence-corrected chi connectivity index (χ1v) is 9.25. The number of aromatic nitrogens is 2. The molecular weight excluding hydrogens is 342 g/mol. The van der Waals surface area contributed by atoms with Crippen LogP contribution < -0.4 is 5.32 Å². The SMILES string of the molecule is CCc1ccc(-c2csc(NC(=O)c3csc(COC)n3)n2)cc1. The van der Waals surface area contributed by atoms with Crippen molar-refractivity contribution in [2.75, 3.05) is 12.4 Å². The molecule has 0 bridgehead atoms. The zero-order valence-electron chi connectivity index (χ0n) is 13.4. The van der Waals surface area contributed by atoms with E-state index >= 15 is 0 Å². The van der Waals surface area contributed by atoms with Crippen LogP contribution in [0.1, 0.15) is 28.0 Å². The summed E-state index contributed by atoms with van der Waals surface area (Å²) in [5.74, 6) is -0.254. The molecule has 0 saturated carbocycles. The largest absolute Gasteiger partial charge is 0.378 e. The number of amides is 1. The lowest BCUT2D eigenvalue weighted by atomic mass is 10.1. The standard InChI is InChI=1S/C17H17N3O2S2/c1-3-11-4-6-12(7-5-11)13-9-24-17(19-13)20-16(21)14-10-23-15(18-14)8-22-2/h4-7,9-10H,3,8H2,1-2H3,(H,19,20,21). The van der Waals surface area contributed by atoms with Gasteiger partial charge in [-0.25, -0.2) is 9.97 Å². The summed E-state index contributed by atoms with van der Waals surface area (Å²) >= 11 is 2.81. The molecule has 3 rings (SSSR count). The van der Waals surface area contributed by atoms with Crippen molar-refractivity contribution < 1.29 is 9.53 Å². The van der Waals surface area contributed by atoms with E-state index in [1.165, 1.54) is 28.2 Å². The summed E-state index contributed by atoms with van der Waals surface area (Å²) in [6.45, 7) is 2.54. The van der Waals surface area contributed by atoms with Crippen LogP contribution in [-0.2, 0) is 17.8 Å². The van der Waals surface area contributed by atoms with Gasteiger partial charge in [-0.15, -0.1) is 22.7 Å². The molecule has 7 heteroatoms. The van der Waals surface area contributed by atoms with E-state index in [2.05, 4.69) is 46.5 Å². The lowest BCUT2D eigenvalue weighted by Crippen LogP contribution is -2.12. The number of nitrogens with one attached hydrogen (secondary N) is 1. The van der Waals surface area contributed by atoms with Gasteiger partial charge in [-0.1, -0.05) is 31.2 Å². The van der Waals surface area contributed by atoms with Crippen LogP contribution in [0, 0.1) is 0 Å². The molecule has 1 aromatic carbocycles. The lowest BCUT2D eigenvalue weighted by molar-refractivity contribution is 0.102. The summed E-state index contributed by atoms with van der Waals surface area (Å²) in [6, 6.07) is 8.30. The summed E-state index contributed by atoms with van der Waals surface area (Å²) in [7, 11) is 1.60. The van der Waals surface area contributed by atoms with Crippen molar-refractivity contribution in [3.63, 3.8) is 0 Å². The molecule has 124 valence electrons. The smallest absolute Gasteiger partial charge is 0.276 e. The molecule has 3 aromatic rings. The van der Waals surface area contributed by atoms with Crippen LogP contribution in [0.4, 0.5) is 5.13 Å². The van der Waals surface area contributed by atoms with Crippen LogP contribution in [0.2, 0.25) is 0 Å². The molecule has 0 aliphatic heterocycles. The quantitative estimate of drug-likeness (QED) is 0.715. The maximum Gasteiger partial charge on any atom is 0.276 e. The van der Waals surface area contributed by atoms with Gasteiger partial charge in [-0.3, -0.25) is 10.1 Å². The molecule has 5 nitrogen and oxygen atoms in total. The van der Waals surface area contributed by atoms with E-state index < -0.39 is 0 Å². The fourth-order valence-electron chi connectivity index (χ4n) is 2.14. The van der Waals surface area contributed by atoms with Crippen molar-refractivity contribution >= 4 is 33.7 Å². The molecule has 1 amide bonds. The number of anilines is 1. The van der Waals surface area contributed by atoms with E-state index in [0.717, 1.165) is 22.7 Å².